The number of carboxylic acids is 1. The number of halogens is 3. The summed E-state index contributed by atoms with van der Waals surface area (Å²) in [6, 6.07) is 3.87. The lowest BCUT2D eigenvalue weighted by Crippen LogP contribution is -2.40. The Kier molecular flexibility index (Phi) is 4.73. The van der Waals surface area contributed by atoms with Crippen LogP contribution in [0.2, 0.25) is 0 Å². The molecule has 1 aromatic carbocycles. The fourth-order valence-corrected chi connectivity index (χ4v) is 2.58. The van der Waals surface area contributed by atoms with E-state index in [9.17, 15) is 22.8 Å². The summed E-state index contributed by atoms with van der Waals surface area (Å²) in [6.45, 7) is 0.419. The summed E-state index contributed by atoms with van der Waals surface area (Å²) in [6.07, 6.45) is -2.89. The third kappa shape index (κ3) is 3.78. The monoisotopic (exact) mass is 315 g/mol. The zero-order valence-electron chi connectivity index (χ0n) is 11.8. The fraction of sp³-hybridized carbons (Fsp3) is 0.467. The summed E-state index contributed by atoms with van der Waals surface area (Å²) in [5.41, 5.74) is -0.111. The number of likely N-dealkylation sites (tertiary alicyclic amines) is 1. The number of amides is 1. The molecule has 1 N–H and O–H groups in total. The van der Waals surface area contributed by atoms with E-state index in [4.69, 9.17) is 5.11 Å². The van der Waals surface area contributed by atoms with E-state index in [2.05, 4.69) is 0 Å². The van der Waals surface area contributed by atoms with Crippen LogP contribution < -0.4 is 0 Å². The average Bonchev–Trinajstić information content (AvgIpc) is 2.94. The number of aryl methyl sites for hydroxylation is 1. The Bertz CT molecular complexity index is 554. The van der Waals surface area contributed by atoms with Gasteiger partial charge in [0.25, 0.3) is 0 Å². The number of hydrogen-bond donors (Lipinski definition) is 1. The minimum Gasteiger partial charge on any atom is -0.480 e. The van der Waals surface area contributed by atoms with Crippen molar-refractivity contribution in [3.63, 3.8) is 0 Å². The van der Waals surface area contributed by atoms with Gasteiger partial charge in [-0.15, -0.1) is 0 Å². The van der Waals surface area contributed by atoms with E-state index in [0.29, 0.717) is 31.4 Å². The zero-order chi connectivity index (χ0) is 16.3. The van der Waals surface area contributed by atoms with Crippen molar-refractivity contribution in [3.05, 3.63) is 35.4 Å². The molecular weight excluding hydrogens is 299 g/mol. The molecule has 0 spiro atoms. The van der Waals surface area contributed by atoms with Crippen molar-refractivity contribution in [2.75, 3.05) is 6.54 Å². The van der Waals surface area contributed by atoms with E-state index in [0.717, 1.165) is 12.1 Å². The van der Waals surface area contributed by atoms with Gasteiger partial charge in [-0.05, 0) is 37.0 Å². The summed E-state index contributed by atoms with van der Waals surface area (Å²) in [5.74, 6) is -1.29. The van der Waals surface area contributed by atoms with Crippen LogP contribution in [0.4, 0.5) is 13.2 Å². The highest BCUT2D eigenvalue weighted by Gasteiger charge is 2.33. The first-order valence-electron chi connectivity index (χ1n) is 6.97. The van der Waals surface area contributed by atoms with Crippen LogP contribution in [0, 0.1) is 0 Å². The fourth-order valence-electron chi connectivity index (χ4n) is 2.58. The van der Waals surface area contributed by atoms with Crippen molar-refractivity contribution in [1.29, 1.82) is 0 Å². The van der Waals surface area contributed by atoms with E-state index in [1.807, 2.05) is 0 Å². The van der Waals surface area contributed by atoms with E-state index in [1.54, 1.807) is 0 Å². The molecule has 120 valence electrons. The predicted octanol–water partition coefficient (Wildman–Crippen LogP) is 2.71. The second kappa shape index (κ2) is 6.37. The first-order valence-corrected chi connectivity index (χ1v) is 6.97. The van der Waals surface area contributed by atoms with Gasteiger partial charge in [-0.1, -0.05) is 12.1 Å². The number of carbonyl (C=O) groups is 2. The molecular formula is C15H16F3NO3. The van der Waals surface area contributed by atoms with Crippen LogP contribution in [0.15, 0.2) is 24.3 Å². The number of hydrogen-bond acceptors (Lipinski definition) is 2. The van der Waals surface area contributed by atoms with Gasteiger partial charge in [0, 0.05) is 13.0 Å². The lowest BCUT2D eigenvalue weighted by Gasteiger charge is -2.21. The van der Waals surface area contributed by atoms with Crippen molar-refractivity contribution in [2.24, 2.45) is 0 Å². The lowest BCUT2D eigenvalue weighted by atomic mass is 10.1. The van der Waals surface area contributed by atoms with Crippen molar-refractivity contribution < 1.29 is 27.9 Å². The van der Waals surface area contributed by atoms with Gasteiger partial charge in [0.1, 0.15) is 6.04 Å². The summed E-state index contributed by atoms with van der Waals surface area (Å²) in [4.78, 5) is 24.4. The molecule has 0 aliphatic carbocycles. The molecule has 0 unspecified atom stereocenters. The maximum Gasteiger partial charge on any atom is 0.416 e. The van der Waals surface area contributed by atoms with Gasteiger partial charge in [0.2, 0.25) is 5.91 Å². The van der Waals surface area contributed by atoms with Gasteiger partial charge in [-0.2, -0.15) is 13.2 Å². The molecule has 0 bridgehead atoms. The third-order valence-electron chi connectivity index (χ3n) is 3.77. The van der Waals surface area contributed by atoms with Gasteiger partial charge in [-0.3, -0.25) is 4.79 Å². The van der Waals surface area contributed by atoms with Crippen molar-refractivity contribution in [2.45, 2.75) is 37.9 Å². The van der Waals surface area contributed by atoms with Crippen LogP contribution in [0.5, 0.6) is 0 Å². The van der Waals surface area contributed by atoms with Crippen LogP contribution in [0.1, 0.15) is 30.4 Å². The number of alkyl halides is 3. The molecule has 0 radical (unpaired) electrons. The largest absolute Gasteiger partial charge is 0.480 e. The number of nitrogens with zero attached hydrogens (tertiary/aromatic N) is 1. The Balaban J connectivity index is 1.92. The Hall–Kier alpha value is -2.05. The molecule has 1 heterocycles. The van der Waals surface area contributed by atoms with Gasteiger partial charge in [0.05, 0.1) is 5.56 Å². The van der Waals surface area contributed by atoms with E-state index in [1.165, 1.54) is 17.0 Å². The number of benzene rings is 1. The zero-order valence-corrected chi connectivity index (χ0v) is 11.8. The predicted molar refractivity (Wildman–Crippen MR) is 72.1 cm³/mol. The van der Waals surface area contributed by atoms with Crippen LogP contribution >= 0.6 is 0 Å². The smallest absolute Gasteiger partial charge is 0.416 e. The van der Waals surface area contributed by atoms with E-state index < -0.39 is 23.8 Å². The minimum atomic E-state index is -4.38. The minimum absolute atomic E-state index is 0.0924. The normalized spacial score (nSPS) is 18.5. The Morgan fingerprint density at radius 2 is 1.86 bits per heavy atom. The Morgan fingerprint density at radius 1 is 1.23 bits per heavy atom. The first-order chi connectivity index (χ1) is 10.3. The summed E-state index contributed by atoms with van der Waals surface area (Å²) >= 11 is 0. The quantitative estimate of drug-likeness (QED) is 0.929. The van der Waals surface area contributed by atoms with Gasteiger partial charge in [-0.25, -0.2) is 4.79 Å². The number of carbonyl (C=O) groups excluding carboxylic acids is 1. The number of aliphatic carboxylic acids is 1. The van der Waals surface area contributed by atoms with Crippen LogP contribution in [0.3, 0.4) is 0 Å². The van der Waals surface area contributed by atoms with Crippen molar-refractivity contribution in [1.82, 2.24) is 4.90 Å². The van der Waals surface area contributed by atoms with E-state index in [-0.39, 0.29) is 12.3 Å². The summed E-state index contributed by atoms with van der Waals surface area (Å²) in [5, 5.41) is 9.02. The van der Waals surface area contributed by atoms with Crippen molar-refractivity contribution in [3.8, 4) is 0 Å². The standard InChI is InChI=1S/C15H16F3NO3/c16-15(17,18)11-6-3-10(4-7-11)5-8-13(20)19-9-1-2-12(19)14(21)22/h3-4,6-7,12H,1-2,5,8-9H2,(H,21,22)/t12-/m1/s1. The second-order valence-electron chi connectivity index (χ2n) is 5.28. The summed E-state index contributed by atoms with van der Waals surface area (Å²) in [7, 11) is 0. The van der Waals surface area contributed by atoms with Crippen LogP contribution in [0.25, 0.3) is 0 Å². The SMILES string of the molecule is O=C(O)[C@H]1CCCN1C(=O)CCc1ccc(C(F)(F)F)cc1. The molecule has 1 saturated heterocycles. The third-order valence-corrected chi connectivity index (χ3v) is 3.77. The second-order valence-corrected chi connectivity index (χ2v) is 5.28. The highest BCUT2D eigenvalue weighted by atomic mass is 19.4. The maximum absolute atomic E-state index is 12.4. The molecule has 2 rings (SSSR count). The van der Waals surface area contributed by atoms with Crippen molar-refractivity contribution >= 4 is 11.9 Å². The van der Waals surface area contributed by atoms with Gasteiger partial charge in [0.15, 0.2) is 0 Å². The summed E-state index contributed by atoms with van der Waals surface area (Å²) < 4.78 is 37.3. The molecule has 1 amide bonds. The molecule has 1 fully saturated rings. The molecule has 1 aliphatic heterocycles. The molecule has 4 nitrogen and oxygen atoms in total. The molecule has 7 heteroatoms. The van der Waals surface area contributed by atoms with Gasteiger partial charge < -0.3 is 10.0 Å². The topological polar surface area (TPSA) is 57.6 Å². The molecule has 1 aromatic rings. The lowest BCUT2D eigenvalue weighted by molar-refractivity contribution is -0.148. The van der Waals surface area contributed by atoms with Crippen LogP contribution in [-0.2, 0) is 22.2 Å². The average molecular weight is 315 g/mol. The number of rotatable bonds is 4. The highest BCUT2D eigenvalue weighted by Crippen LogP contribution is 2.29. The Morgan fingerprint density at radius 3 is 2.41 bits per heavy atom. The molecule has 1 aliphatic rings. The van der Waals surface area contributed by atoms with E-state index >= 15 is 0 Å². The highest BCUT2D eigenvalue weighted by molar-refractivity contribution is 5.84. The first kappa shape index (κ1) is 16.3. The molecule has 1 atom stereocenters. The van der Waals surface area contributed by atoms with Gasteiger partial charge >= 0.3 is 12.1 Å². The maximum atomic E-state index is 12.4. The number of carboxylic acid groups (broad SMARTS) is 1. The molecule has 0 saturated carbocycles. The molecule has 0 aromatic heterocycles. The van der Waals surface area contributed by atoms with Crippen LogP contribution in [-0.4, -0.2) is 34.5 Å². The molecule has 22 heavy (non-hydrogen) atoms. The Labute approximate surface area is 125 Å².